The topological polar surface area (TPSA) is 128 Å². The first kappa shape index (κ1) is 13.2. The van der Waals surface area contributed by atoms with Crippen molar-refractivity contribution in [2.45, 2.75) is 4.90 Å². The molecule has 2 rings (SSSR count). The lowest BCUT2D eigenvalue weighted by Crippen LogP contribution is -2.12. The number of nitro groups is 1. The molecule has 0 saturated heterocycles. The van der Waals surface area contributed by atoms with Crippen LogP contribution in [-0.4, -0.2) is 18.3 Å². The highest BCUT2D eigenvalue weighted by Crippen LogP contribution is 2.27. The summed E-state index contributed by atoms with van der Waals surface area (Å²) in [6.07, 6.45) is 0.992. The second-order valence-electron chi connectivity index (χ2n) is 3.44. The molecule has 0 aliphatic rings. The average Bonchev–Trinajstić information content (AvgIpc) is 2.77. The maximum Gasteiger partial charge on any atom is 0.345 e. The van der Waals surface area contributed by atoms with Gasteiger partial charge in [-0.15, -0.1) is 0 Å². The van der Waals surface area contributed by atoms with E-state index in [-0.39, 0.29) is 15.0 Å². The first-order valence-corrected chi connectivity index (χ1v) is 7.17. The molecule has 0 fully saturated rings. The highest BCUT2D eigenvalue weighted by molar-refractivity contribution is 7.93. The normalized spacial score (nSPS) is 11.2. The Morgan fingerprint density at radius 1 is 1.32 bits per heavy atom. The van der Waals surface area contributed by atoms with Crippen LogP contribution in [0.5, 0.6) is 0 Å². The molecule has 10 heteroatoms. The summed E-state index contributed by atoms with van der Waals surface area (Å²) in [7, 11) is -3.82. The largest absolute Gasteiger partial charge is 0.399 e. The summed E-state index contributed by atoms with van der Waals surface area (Å²) < 4.78 is 26.0. The predicted molar refractivity (Wildman–Crippen MR) is 70.4 cm³/mol. The van der Waals surface area contributed by atoms with E-state index in [0.29, 0.717) is 17.0 Å². The molecule has 0 bridgehead atoms. The van der Waals surface area contributed by atoms with Crippen LogP contribution < -0.4 is 10.5 Å². The minimum absolute atomic E-state index is 0.000414. The molecule has 100 valence electrons. The SMILES string of the molecule is Nc1ccc(S(=O)(=O)Nc2ncc([N+](=O)[O-])s2)cc1. The number of hydrogen-bond acceptors (Lipinski definition) is 7. The van der Waals surface area contributed by atoms with Gasteiger partial charge in [0.25, 0.3) is 10.0 Å². The number of hydrogen-bond donors (Lipinski definition) is 2. The molecule has 2 aromatic rings. The molecule has 0 unspecified atom stereocenters. The van der Waals surface area contributed by atoms with E-state index in [4.69, 9.17) is 5.73 Å². The predicted octanol–water partition coefficient (Wildman–Crippen LogP) is 1.43. The first-order valence-electron chi connectivity index (χ1n) is 4.87. The average molecular weight is 300 g/mol. The maximum absolute atomic E-state index is 11.9. The van der Waals surface area contributed by atoms with Gasteiger partial charge in [0.05, 0.1) is 9.82 Å². The molecule has 8 nitrogen and oxygen atoms in total. The van der Waals surface area contributed by atoms with Crippen LogP contribution in [0, 0.1) is 10.1 Å². The van der Waals surface area contributed by atoms with Crippen LogP contribution in [0.15, 0.2) is 35.4 Å². The molecule has 0 radical (unpaired) electrons. The van der Waals surface area contributed by atoms with Gasteiger partial charge < -0.3 is 5.73 Å². The quantitative estimate of drug-likeness (QED) is 0.499. The van der Waals surface area contributed by atoms with Crippen LogP contribution in [0.25, 0.3) is 0 Å². The number of benzene rings is 1. The van der Waals surface area contributed by atoms with Gasteiger partial charge in [0.2, 0.25) is 5.13 Å². The highest BCUT2D eigenvalue weighted by Gasteiger charge is 2.18. The van der Waals surface area contributed by atoms with E-state index in [9.17, 15) is 18.5 Å². The molecule has 0 spiro atoms. The summed E-state index contributed by atoms with van der Waals surface area (Å²) in [5.41, 5.74) is 5.89. The number of nitrogen functional groups attached to an aromatic ring is 1. The fourth-order valence-corrected chi connectivity index (χ4v) is 3.09. The number of aromatic nitrogens is 1. The molecule has 1 aromatic heterocycles. The molecule has 0 aliphatic carbocycles. The van der Waals surface area contributed by atoms with Crippen LogP contribution >= 0.6 is 11.3 Å². The number of thiazole rings is 1. The van der Waals surface area contributed by atoms with Crippen molar-refractivity contribution in [2.24, 2.45) is 0 Å². The molecular formula is C9H8N4O4S2. The highest BCUT2D eigenvalue weighted by atomic mass is 32.2. The molecule has 19 heavy (non-hydrogen) atoms. The standard InChI is InChI=1S/C9H8N4O4S2/c10-6-1-3-7(4-2-6)19(16,17)12-9-11-5-8(18-9)13(14)15/h1-5H,10H2,(H,11,12). The zero-order chi connectivity index (χ0) is 14.0. The lowest BCUT2D eigenvalue weighted by Gasteiger charge is -2.04. The van der Waals surface area contributed by atoms with Gasteiger partial charge in [-0.3, -0.25) is 14.8 Å². The van der Waals surface area contributed by atoms with Gasteiger partial charge in [0, 0.05) is 5.69 Å². The number of nitrogens with two attached hydrogens (primary N) is 1. The minimum Gasteiger partial charge on any atom is -0.399 e. The summed E-state index contributed by atoms with van der Waals surface area (Å²) in [6, 6.07) is 5.55. The lowest BCUT2D eigenvalue weighted by molar-refractivity contribution is -0.380. The van der Waals surface area contributed by atoms with Crippen LogP contribution in [0.2, 0.25) is 0 Å². The third-order valence-electron chi connectivity index (χ3n) is 2.09. The molecule has 0 saturated carbocycles. The number of anilines is 2. The van der Waals surface area contributed by atoms with Crippen LogP contribution in [0.4, 0.5) is 15.8 Å². The Bertz CT molecular complexity index is 708. The van der Waals surface area contributed by atoms with Gasteiger partial charge in [-0.25, -0.2) is 13.4 Å². The Labute approximate surface area is 112 Å². The molecule has 0 atom stereocenters. The first-order chi connectivity index (χ1) is 8.88. The molecule has 3 N–H and O–H groups in total. The van der Waals surface area contributed by atoms with E-state index >= 15 is 0 Å². The zero-order valence-electron chi connectivity index (χ0n) is 9.31. The van der Waals surface area contributed by atoms with Crippen molar-refractivity contribution in [1.82, 2.24) is 4.98 Å². The summed E-state index contributed by atoms with van der Waals surface area (Å²) in [4.78, 5) is 13.5. The molecule has 0 aliphatic heterocycles. The van der Waals surface area contributed by atoms with Gasteiger partial charge in [-0.1, -0.05) is 0 Å². The Balaban J connectivity index is 2.25. The van der Waals surface area contributed by atoms with E-state index in [0.717, 1.165) is 6.20 Å². The fraction of sp³-hybridized carbons (Fsp3) is 0. The van der Waals surface area contributed by atoms with Crippen molar-refractivity contribution in [3.63, 3.8) is 0 Å². The van der Waals surface area contributed by atoms with Crippen molar-refractivity contribution in [3.05, 3.63) is 40.6 Å². The van der Waals surface area contributed by atoms with E-state index in [1.165, 1.54) is 24.3 Å². The number of rotatable bonds is 4. The molecular weight excluding hydrogens is 292 g/mol. The number of nitrogens with one attached hydrogen (secondary N) is 1. The molecule has 1 aromatic carbocycles. The van der Waals surface area contributed by atoms with E-state index in [2.05, 4.69) is 9.71 Å². The fourth-order valence-electron chi connectivity index (χ4n) is 1.22. The van der Waals surface area contributed by atoms with E-state index < -0.39 is 14.9 Å². The second-order valence-corrected chi connectivity index (χ2v) is 6.13. The lowest BCUT2D eigenvalue weighted by atomic mass is 10.3. The maximum atomic E-state index is 11.9. The third kappa shape index (κ3) is 2.98. The van der Waals surface area contributed by atoms with Crippen molar-refractivity contribution in [3.8, 4) is 0 Å². The number of nitrogens with zero attached hydrogens (tertiary/aromatic N) is 2. The summed E-state index contributed by atoms with van der Waals surface area (Å²) in [5, 5.41) is 10.2. The van der Waals surface area contributed by atoms with E-state index in [1.54, 1.807) is 0 Å². The van der Waals surface area contributed by atoms with Crippen LogP contribution in [0.1, 0.15) is 0 Å². The van der Waals surface area contributed by atoms with Crippen molar-refractivity contribution in [2.75, 3.05) is 10.5 Å². The smallest absolute Gasteiger partial charge is 0.345 e. The second kappa shape index (κ2) is 4.82. The Morgan fingerprint density at radius 2 is 1.95 bits per heavy atom. The summed E-state index contributed by atoms with van der Waals surface area (Å²) in [6.45, 7) is 0. The Hall–Kier alpha value is -2.20. The Kier molecular flexibility index (Phi) is 3.36. The van der Waals surface area contributed by atoms with Crippen molar-refractivity contribution >= 4 is 37.2 Å². The monoisotopic (exact) mass is 300 g/mol. The third-order valence-corrected chi connectivity index (χ3v) is 4.43. The minimum atomic E-state index is -3.82. The van der Waals surface area contributed by atoms with E-state index in [1.807, 2.05) is 0 Å². The molecule has 0 amide bonds. The van der Waals surface area contributed by atoms with Gasteiger partial charge in [-0.05, 0) is 35.6 Å². The van der Waals surface area contributed by atoms with Crippen LogP contribution in [0.3, 0.4) is 0 Å². The molecule has 1 heterocycles. The Morgan fingerprint density at radius 3 is 2.47 bits per heavy atom. The van der Waals surface area contributed by atoms with Gasteiger partial charge in [-0.2, -0.15) is 0 Å². The van der Waals surface area contributed by atoms with Gasteiger partial charge >= 0.3 is 5.00 Å². The number of sulfonamides is 1. The summed E-state index contributed by atoms with van der Waals surface area (Å²) >= 11 is 0.641. The van der Waals surface area contributed by atoms with Gasteiger partial charge in [0.15, 0.2) is 0 Å². The van der Waals surface area contributed by atoms with Crippen LogP contribution in [-0.2, 0) is 10.0 Å². The van der Waals surface area contributed by atoms with Gasteiger partial charge in [0.1, 0.15) is 6.20 Å². The van der Waals surface area contributed by atoms with Crippen molar-refractivity contribution in [1.29, 1.82) is 0 Å². The van der Waals surface area contributed by atoms with Crippen molar-refractivity contribution < 1.29 is 13.3 Å². The summed E-state index contributed by atoms with van der Waals surface area (Å²) in [5.74, 6) is 0. The zero-order valence-corrected chi connectivity index (χ0v) is 10.9.